The third-order valence-corrected chi connectivity index (χ3v) is 7.01. The largest absolute Gasteiger partial charge is 0.486 e. The van der Waals surface area contributed by atoms with E-state index in [1.54, 1.807) is 31.2 Å². The lowest BCUT2D eigenvalue weighted by Gasteiger charge is -2.26. The summed E-state index contributed by atoms with van der Waals surface area (Å²) in [7, 11) is -3.74. The number of ether oxygens (including phenoxy) is 2. The molecule has 7 nitrogen and oxygen atoms in total. The molecule has 1 unspecified atom stereocenters. The van der Waals surface area contributed by atoms with Crippen LogP contribution in [-0.4, -0.2) is 40.1 Å². The maximum Gasteiger partial charge on any atom is 0.264 e. The van der Waals surface area contributed by atoms with Crippen LogP contribution in [0.3, 0.4) is 0 Å². The Labute approximate surface area is 187 Å². The van der Waals surface area contributed by atoms with Crippen LogP contribution in [0.2, 0.25) is 0 Å². The van der Waals surface area contributed by atoms with E-state index in [2.05, 4.69) is 5.32 Å². The topological polar surface area (TPSA) is 84.9 Å². The van der Waals surface area contributed by atoms with E-state index in [-0.39, 0.29) is 23.5 Å². The van der Waals surface area contributed by atoms with Gasteiger partial charge in [0.25, 0.3) is 15.9 Å². The summed E-state index contributed by atoms with van der Waals surface area (Å²) >= 11 is 0. The number of nitrogens with zero attached hydrogens (tertiary/aromatic N) is 1. The van der Waals surface area contributed by atoms with Crippen LogP contribution in [0.15, 0.2) is 83.8 Å². The summed E-state index contributed by atoms with van der Waals surface area (Å²) in [6.07, 6.45) is -0.308. The molecule has 1 atom stereocenters. The van der Waals surface area contributed by atoms with Crippen molar-refractivity contribution < 1.29 is 22.7 Å². The van der Waals surface area contributed by atoms with Crippen molar-refractivity contribution in [3.8, 4) is 11.5 Å². The smallest absolute Gasteiger partial charge is 0.264 e. The Hall–Kier alpha value is -3.52. The zero-order valence-electron chi connectivity index (χ0n) is 17.6. The van der Waals surface area contributed by atoms with Crippen LogP contribution in [0.5, 0.6) is 11.5 Å². The van der Waals surface area contributed by atoms with Crippen LogP contribution >= 0.6 is 0 Å². The SMILES string of the molecule is CCN(c1ccccc1)S(=O)(=O)c1ccc(C(=O)NCC2COc3ccccc3O2)cc1. The Kier molecular flexibility index (Phi) is 6.32. The van der Waals surface area contributed by atoms with Crippen LogP contribution in [-0.2, 0) is 10.0 Å². The van der Waals surface area contributed by atoms with E-state index in [9.17, 15) is 13.2 Å². The average Bonchev–Trinajstić information content (AvgIpc) is 2.83. The predicted molar refractivity (Wildman–Crippen MR) is 122 cm³/mol. The molecule has 3 aromatic carbocycles. The van der Waals surface area contributed by atoms with Crippen molar-refractivity contribution in [1.29, 1.82) is 0 Å². The first-order valence-corrected chi connectivity index (χ1v) is 11.8. The van der Waals surface area contributed by atoms with E-state index in [1.165, 1.54) is 28.6 Å². The molecule has 3 aromatic rings. The van der Waals surface area contributed by atoms with E-state index in [0.29, 0.717) is 35.9 Å². The second-order valence-electron chi connectivity index (χ2n) is 7.24. The molecule has 4 rings (SSSR count). The van der Waals surface area contributed by atoms with E-state index >= 15 is 0 Å². The van der Waals surface area contributed by atoms with Gasteiger partial charge in [0.1, 0.15) is 12.7 Å². The maximum absolute atomic E-state index is 13.1. The summed E-state index contributed by atoms with van der Waals surface area (Å²) in [4.78, 5) is 12.7. The van der Waals surface area contributed by atoms with Gasteiger partial charge in [-0.2, -0.15) is 0 Å². The minimum atomic E-state index is -3.74. The number of carbonyl (C=O) groups is 1. The summed E-state index contributed by atoms with van der Waals surface area (Å²) in [5.74, 6) is 1.02. The van der Waals surface area contributed by atoms with Crippen molar-refractivity contribution >= 4 is 21.6 Å². The minimum Gasteiger partial charge on any atom is -0.486 e. The standard InChI is InChI=1S/C24H24N2O5S/c1-2-26(19-8-4-3-5-9-19)32(28,29)21-14-12-18(13-15-21)24(27)25-16-20-17-30-22-10-6-7-11-23(22)31-20/h3-15,20H,2,16-17H2,1H3,(H,25,27). The zero-order valence-corrected chi connectivity index (χ0v) is 18.4. The maximum atomic E-state index is 13.1. The number of para-hydroxylation sites is 3. The number of amides is 1. The summed E-state index contributed by atoms with van der Waals surface area (Å²) in [5.41, 5.74) is 0.955. The molecular weight excluding hydrogens is 428 g/mol. The lowest BCUT2D eigenvalue weighted by molar-refractivity contribution is 0.0789. The molecular formula is C24H24N2O5S. The molecule has 0 saturated carbocycles. The third-order valence-electron chi connectivity index (χ3n) is 5.09. The number of nitrogens with one attached hydrogen (secondary N) is 1. The molecule has 0 fully saturated rings. The van der Waals surface area contributed by atoms with E-state index < -0.39 is 10.0 Å². The number of fused-ring (bicyclic) bond motifs is 1. The first kappa shape index (κ1) is 21.7. The lowest BCUT2D eigenvalue weighted by Crippen LogP contribution is -2.40. The van der Waals surface area contributed by atoms with Gasteiger partial charge in [0.05, 0.1) is 17.1 Å². The highest BCUT2D eigenvalue weighted by molar-refractivity contribution is 7.92. The Balaban J connectivity index is 1.40. The fourth-order valence-corrected chi connectivity index (χ4v) is 4.94. The molecule has 1 aliphatic rings. The fraction of sp³-hybridized carbons (Fsp3) is 0.208. The number of rotatable bonds is 7. The van der Waals surface area contributed by atoms with E-state index in [0.717, 1.165) is 0 Å². The number of hydrogen-bond donors (Lipinski definition) is 1. The number of anilines is 1. The number of benzene rings is 3. The van der Waals surface area contributed by atoms with Gasteiger partial charge in [0, 0.05) is 12.1 Å². The Morgan fingerprint density at radius 2 is 1.62 bits per heavy atom. The second-order valence-corrected chi connectivity index (χ2v) is 9.10. The van der Waals surface area contributed by atoms with Crippen LogP contribution in [0.25, 0.3) is 0 Å². The van der Waals surface area contributed by atoms with Gasteiger partial charge < -0.3 is 14.8 Å². The van der Waals surface area contributed by atoms with Gasteiger partial charge in [-0.05, 0) is 55.5 Å². The van der Waals surface area contributed by atoms with Crippen molar-refractivity contribution in [3.63, 3.8) is 0 Å². The van der Waals surface area contributed by atoms with Crippen molar-refractivity contribution in [2.24, 2.45) is 0 Å². The van der Waals surface area contributed by atoms with Crippen molar-refractivity contribution in [1.82, 2.24) is 5.32 Å². The van der Waals surface area contributed by atoms with E-state index in [4.69, 9.17) is 9.47 Å². The molecule has 32 heavy (non-hydrogen) atoms. The minimum absolute atomic E-state index is 0.125. The van der Waals surface area contributed by atoms with Gasteiger partial charge >= 0.3 is 0 Å². The quantitative estimate of drug-likeness (QED) is 0.593. The fourth-order valence-electron chi connectivity index (χ4n) is 3.46. The molecule has 166 valence electrons. The van der Waals surface area contributed by atoms with Gasteiger partial charge in [0.2, 0.25) is 0 Å². The number of sulfonamides is 1. The first-order chi connectivity index (χ1) is 15.5. The lowest BCUT2D eigenvalue weighted by atomic mass is 10.2. The monoisotopic (exact) mass is 452 g/mol. The second kappa shape index (κ2) is 9.32. The molecule has 1 N–H and O–H groups in total. The molecule has 0 aliphatic carbocycles. The third kappa shape index (κ3) is 4.55. The molecule has 0 aromatic heterocycles. The van der Waals surface area contributed by atoms with Crippen LogP contribution in [0.4, 0.5) is 5.69 Å². The van der Waals surface area contributed by atoms with Gasteiger partial charge in [-0.25, -0.2) is 8.42 Å². The average molecular weight is 453 g/mol. The molecule has 1 amide bonds. The van der Waals surface area contributed by atoms with Crippen molar-refractivity contribution in [3.05, 3.63) is 84.4 Å². The van der Waals surface area contributed by atoms with E-state index in [1.807, 2.05) is 30.3 Å². The summed E-state index contributed by atoms with van der Waals surface area (Å²) < 4.78 is 39.0. The van der Waals surface area contributed by atoms with Gasteiger partial charge in [0.15, 0.2) is 11.5 Å². The summed E-state index contributed by atoms with van der Waals surface area (Å²) in [6.45, 7) is 2.68. The molecule has 1 aliphatic heterocycles. The predicted octanol–water partition coefficient (Wildman–Crippen LogP) is 3.47. The van der Waals surface area contributed by atoms with Crippen molar-refractivity contribution in [2.45, 2.75) is 17.9 Å². The van der Waals surface area contributed by atoms with Crippen LogP contribution < -0.4 is 19.1 Å². The highest BCUT2D eigenvalue weighted by atomic mass is 32.2. The molecule has 0 radical (unpaired) electrons. The summed E-state index contributed by atoms with van der Waals surface area (Å²) in [5, 5.41) is 2.81. The van der Waals surface area contributed by atoms with Crippen LogP contribution in [0, 0.1) is 0 Å². The van der Waals surface area contributed by atoms with Gasteiger partial charge in [-0.1, -0.05) is 30.3 Å². The highest BCUT2D eigenvalue weighted by Crippen LogP contribution is 2.30. The number of hydrogen-bond acceptors (Lipinski definition) is 5. The Morgan fingerprint density at radius 3 is 2.31 bits per heavy atom. The molecule has 0 spiro atoms. The van der Waals surface area contributed by atoms with Crippen molar-refractivity contribution in [2.75, 3.05) is 24.0 Å². The number of carbonyl (C=O) groups excluding carboxylic acids is 1. The molecule has 8 heteroatoms. The zero-order chi connectivity index (χ0) is 22.6. The Morgan fingerprint density at radius 1 is 0.969 bits per heavy atom. The molecule has 1 heterocycles. The van der Waals surface area contributed by atoms with Gasteiger partial charge in [-0.15, -0.1) is 0 Å². The normalized spacial score (nSPS) is 15.1. The van der Waals surface area contributed by atoms with Gasteiger partial charge in [-0.3, -0.25) is 9.10 Å². The van der Waals surface area contributed by atoms with Crippen LogP contribution in [0.1, 0.15) is 17.3 Å². The summed E-state index contributed by atoms with van der Waals surface area (Å²) in [6, 6.07) is 22.2. The highest BCUT2D eigenvalue weighted by Gasteiger charge is 2.24. The molecule has 0 bridgehead atoms. The first-order valence-electron chi connectivity index (χ1n) is 10.3. The molecule has 0 saturated heterocycles. The Bertz CT molecular complexity index is 1180.